The molecular formula is C18H34BNO3S. The molecule has 1 aromatic heterocycles. The molecule has 0 unspecified atom stereocenters. The SMILES string of the molecule is CC(C)S(c1ncc(B2OC(C)(C)C(C)(C)O2)o1)(C(C)C)C(C)C. The molecule has 138 valence electrons. The maximum atomic E-state index is 6.28. The van der Waals surface area contributed by atoms with Crippen LogP contribution in [0.1, 0.15) is 69.2 Å². The van der Waals surface area contributed by atoms with E-state index in [-0.39, 0.29) is 11.2 Å². The lowest BCUT2D eigenvalue weighted by atomic mass is 9.87. The first-order valence-corrected chi connectivity index (χ1v) is 10.8. The molecule has 4 nitrogen and oxygen atoms in total. The van der Waals surface area contributed by atoms with E-state index in [4.69, 9.17) is 18.7 Å². The summed E-state index contributed by atoms with van der Waals surface area (Å²) in [5, 5.41) is 2.39. The third-order valence-electron chi connectivity index (χ3n) is 5.63. The fraction of sp³-hybridized carbons (Fsp3) is 0.833. The number of nitrogens with zero attached hydrogens (tertiary/aromatic N) is 1. The van der Waals surface area contributed by atoms with Crippen molar-refractivity contribution >= 4 is 22.8 Å². The molecule has 1 aliphatic heterocycles. The van der Waals surface area contributed by atoms with Gasteiger partial charge in [0.05, 0.1) is 17.4 Å². The van der Waals surface area contributed by atoms with Crippen molar-refractivity contribution in [2.45, 2.75) is 101 Å². The summed E-state index contributed by atoms with van der Waals surface area (Å²) in [5.74, 6) is 0. The molecule has 1 fully saturated rings. The number of hydrogen-bond acceptors (Lipinski definition) is 4. The summed E-state index contributed by atoms with van der Waals surface area (Å²) in [4.78, 5) is 4.70. The Morgan fingerprint density at radius 2 is 1.29 bits per heavy atom. The first-order chi connectivity index (χ1) is 10.9. The van der Waals surface area contributed by atoms with E-state index in [2.05, 4.69) is 69.2 Å². The molecule has 2 heterocycles. The lowest BCUT2D eigenvalue weighted by Gasteiger charge is -2.48. The summed E-state index contributed by atoms with van der Waals surface area (Å²) in [6, 6.07) is 0. The Hall–Kier alpha value is -0.455. The average Bonchev–Trinajstić information content (AvgIpc) is 2.93. The summed E-state index contributed by atoms with van der Waals surface area (Å²) < 4.78 is 18.5. The van der Waals surface area contributed by atoms with Crippen LogP contribution in [0.2, 0.25) is 0 Å². The highest BCUT2D eigenvalue weighted by molar-refractivity contribution is 8.34. The summed E-state index contributed by atoms with van der Waals surface area (Å²) in [7, 11) is -1.67. The monoisotopic (exact) mass is 355 g/mol. The van der Waals surface area contributed by atoms with E-state index < -0.39 is 17.1 Å². The quantitative estimate of drug-likeness (QED) is 0.736. The second-order valence-electron chi connectivity index (χ2n) is 8.52. The highest BCUT2D eigenvalue weighted by Crippen LogP contribution is 2.65. The van der Waals surface area contributed by atoms with Crippen LogP contribution in [0.15, 0.2) is 15.8 Å². The Balaban J connectivity index is 2.40. The van der Waals surface area contributed by atoms with E-state index in [1.165, 1.54) is 0 Å². The van der Waals surface area contributed by atoms with E-state index in [0.29, 0.717) is 21.4 Å². The molecule has 0 bridgehead atoms. The van der Waals surface area contributed by atoms with E-state index in [0.717, 1.165) is 5.22 Å². The second kappa shape index (κ2) is 6.37. The summed E-state index contributed by atoms with van der Waals surface area (Å²) in [6.07, 6.45) is 1.80. The van der Waals surface area contributed by atoms with E-state index >= 15 is 0 Å². The minimum absolute atomic E-state index is 0.372. The molecular weight excluding hydrogens is 321 g/mol. The molecule has 0 aromatic carbocycles. The fourth-order valence-electron chi connectivity index (χ4n) is 3.74. The van der Waals surface area contributed by atoms with Crippen LogP contribution < -0.4 is 5.66 Å². The third-order valence-corrected chi connectivity index (χ3v) is 11.1. The second-order valence-corrected chi connectivity index (χ2v) is 13.2. The van der Waals surface area contributed by atoms with Gasteiger partial charge in [0.1, 0.15) is 0 Å². The van der Waals surface area contributed by atoms with E-state index in [1.807, 2.05) is 0 Å². The highest BCUT2D eigenvalue weighted by Gasteiger charge is 2.53. The van der Waals surface area contributed by atoms with Crippen molar-refractivity contribution in [2.24, 2.45) is 0 Å². The average molecular weight is 355 g/mol. The van der Waals surface area contributed by atoms with Gasteiger partial charge in [0.25, 0.3) is 0 Å². The molecule has 2 rings (SSSR count). The van der Waals surface area contributed by atoms with Gasteiger partial charge in [-0.3, -0.25) is 0 Å². The number of rotatable bonds is 5. The lowest BCUT2D eigenvalue weighted by Crippen LogP contribution is -2.41. The van der Waals surface area contributed by atoms with Crippen LogP contribution in [0.5, 0.6) is 0 Å². The minimum atomic E-state index is -1.18. The molecule has 0 amide bonds. The topological polar surface area (TPSA) is 44.5 Å². The van der Waals surface area contributed by atoms with Gasteiger partial charge in [0, 0.05) is 0 Å². The zero-order valence-electron chi connectivity index (χ0n) is 17.0. The van der Waals surface area contributed by atoms with Crippen molar-refractivity contribution in [1.82, 2.24) is 4.98 Å². The van der Waals surface area contributed by atoms with Crippen LogP contribution >= 0.6 is 10.0 Å². The molecule has 1 aromatic rings. The first kappa shape index (κ1) is 19.9. The van der Waals surface area contributed by atoms with Crippen LogP contribution in [0.25, 0.3) is 0 Å². The molecule has 0 aliphatic carbocycles. The Kier molecular flexibility index (Phi) is 5.27. The molecule has 0 atom stereocenters. The minimum Gasteiger partial charge on any atom is -0.441 e. The standard InChI is InChI=1S/C18H34BNO3S/c1-12(2)24(13(3)4,14(5)6)16-20-11-15(21-16)19-22-17(7,8)18(9,10)23-19/h11-14H,1-10H3. The zero-order valence-corrected chi connectivity index (χ0v) is 17.8. The Morgan fingerprint density at radius 3 is 1.67 bits per heavy atom. The molecule has 0 spiro atoms. The van der Waals surface area contributed by atoms with Crippen molar-refractivity contribution in [3.05, 3.63) is 6.20 Å². The highest BCUT2D eigenvalue weighted by atomic mass is 32.3. The van der Waals surface area contributed by atoms with Gasteiger partial charge >= 0.3 is 7.12 Å². The third kappa shape index (κ3) is 2.95. The van der Waals surface area contributed by atoms with Crippen molar-refractivity contribution in [1.29, 1.82) is 0 Å². The van der Waals surface area contributed by atoms with Crippen molar-refractivity contribution in [2.75, 3.05) is 0 Å². The van der Waals surface area contributed by atoms with Gasteiger partial charge < -0.3 is 13.7 Å². The van der Waals surface area contributed by atoms with Crippen LogP contribution in [-0.4, -0.2) is 39.1 Å². The van der Waals surface area contributed by atoms with Crippen LogP contribution in [0, 0.1) is 0 Å². The molecule has 1 aliphatic rings. The van der Waals surface area contributed by atoms with Crippen molar-refractivity contribution < 1.29 is 13.7 Å². The maximum Gasteiger partial charge on any atom is 0.534 e. The van der Waals surface area contributed by atoms with E-state index in [9.17, 15) is 0 Å². The molecule has 6 heteroatoms. The molecule has 0 saturated carbocycles. The van der Waals surface area contributed by atoms with E-state index in [1.54, 1.807) is 6.20 Å². The summed E-state index contributed by atoms with van der Waals surface area (Å²) in [6.45, 7) is 21.9. The summed E-state index contributed by atoms with van der Waals surface area (Å²) in [5.41, 5.74) is -0.0618. The van der Waals surface area contributed by atoms with Crippen LogP contribution in [0.3, 0.4) is 0 Å². The van der Waals surface area contributed by atoms with Gasteiger partial charge in [0.2, 0.25) is 5.22 Å². The lowest BCUT2D eigenvalue weighted by molar-refractivity contribution is 0.00578. The van der Waals surface area contributed by atoms with Crippen LogP contribution in [0.4, 0.5) is 0 Å². The van der Waals surface area contributed by atoms with Crippen LogP contribution in [-0.2, 0) is 9.31 Å². The number of hydrogen-bond donors (Lipinski definition) is 0. The van der Waals surface area contributed by atoms with Gasteiger partial charge in [-0.2, -0.15) is 10.0 Å². The maximum absolute atomic E-state index is 6.28. The molecule has 1 saturated heterocycles. The summed E-state index contributed by atoms with van der Waals surface area (Å²) >= 11 is 0. The van der Waals surface area contributed by atoms with Crippen molar-refractivity contribution in [3.63, 3.8) is 0 Å². The Morgan fingerprint density at radius 1 is 0.875 bits per heavy atom. The molecule has 0 N–H and O–H groups in total. The van der Waals surface area contributed by atoms with Gasteiger partial charge in [-0.25, -0.2) is 4.98 Å². The fourth-order valence-corrected chi connectivity index (χ4v) is 8.69. The largest absolute Gasteiger partial charge is 0.534 e. The normalized spacial score (nSPS) is 21.3. The predicted octanol–water partition coefficient (Wildman–Crippen LogP) is 4.36. The molecule has 24 heavy (non-hydrogen) atoms. The van der Waals surface area contributed by atoms with Gasteiger partial charge in [0.15, 0.2) is 5.66 Å². The number of aromatic nitrogens is 1. The Bertz CT molecular complexity index is 543. The van der Waals surface area contributed by atoms with Crippen molar-refractivity contribution in [3.8, 4) is 0 Å². The first-order valence-electron chi connectivity index (χ1n) is 8.97. The predicted molar refractivity (Wildman–Crippen MR) is 103 cm³/mol. The number of oxazole rings is 1. The van der Waals surface area contributed by atoms with Gasteiger partial charge in [-0.05, 0) is 43.4 Å². The zero-order chi connectivity index (χ0) is 18.5. The molecule has 0 radical (unpaired) electrons. The van der Waals surface area contributed by atoms with Gasteiger partial charge in [-0.15, -0.1) is 0 Å². The Labute approximate surface area is 149 Å². The van der Waals surface area contributed by atoms with Gasteiger partial charge in [-0.1, -0.05) is 41.5 Å². The smallest absolute Gasteiger partial charge is 0.441 e.